The summed E-state index contributed by atoms with van der Waals surface area (Å²) >= 11 is 0. The van der Waals surface area contributed by atoms with Crippen molar-refractivity contribution in [3.63, 3.8) is 0 Å². The maximum absolute atomic E-state index is 4.10. The van der Waals surface area contributed by atoms with E-state index < -0.39 is 0 Å². The van der Waals surface area contributed by atoms with Crippen LogP contribution in [-0.2, 0) is 0 Å². The molecule has 4 rings (SSSR count). The minimum absolute atomic E-state index is 0.229. The van der Waals surface area contributed by atoms with Gasteiger partial charge in [0, 0.05) is 0 Å². The molecule has 0 amide bonds. The van der Waals surface area contributed by atoms with E-state index in [1.807, 2.05) is 6.08 Å². The van der Waals surface area contributed by atoms with Crippen molar-refractivity contribution >= 4 is 54.1 Å². The number of rotatable bonds is 20. The molecule has 0 fully saturated rings. The molecule has 0 saturated heterocycles. The Labute approximate surface area is 272 Å². The third-order valence-corrected chi connectivity index (χ3v) is 14.8. The summed E-state index contributed by atoms with van der Waals surface area (Å²) in [6.07, 6.45) is 23.4. The summed E-state index contributed by atoms with van der Waals surface area (Å²) < 4.78 is 0. The summed E-state index contributed by atoms with van der Waals surface area (Å²) in [5, 5.41) is 8.99. The Hall–Kier alpha value is -2.00. The Morgan fingerprint density at radius 3 is 1.43 bits per heavy atom. The van der Waals surface area contributed by atoms with Gasteiger partial charge in [-0.3, -0.25) is 0 Å². The third-order valence-electron chi connectivity index (χ3n) is 9.22. The van der Waals surface area contributed by atoms with Crippen LogP contribution >= 0.6 is 15.8 Å². The molecular weight excluding hydrogens is 566 g/mol. The number of unbranched alkanes of at least 4 members (excludes halogenated alkanes) is 8. The summed E-state index contributed by atoms with van der Waals surface area (Å²) in [5.41, 5.74) is 4.36. The second-order valence-electron chi connectivity index (χ2n) is 12.6. The minimum atomic E-state index is -0.235. The number of hydrogen-bond acceptors (Lipinski definition) is 0. The van der Waals surface area contributed by atoms with Crippen molar-refractivity contribution in [2.45, 2.75) is 105 Å². The fourth-order valence-corrected chi connectivity index (χ4v) is 12.2. The number of hydrogen-bond donors (Lipinski definition) is 0. The molecule has 44 heavy (non-hydrogen) atoms. The highest BCUT2D eigenvalue weighted by Crippen LogP contribution is 2.48. The van der Waals surface area contributed by atoms with Crippen LogP contribution in [0.25, 0.3) is 38.7 Å². The molecule has 2 heteroatoms. The average Bonchev–Trinajstić information content (AvgIpc) is 3.06. The number of benzene rings is 4. The van der Waals surface area contributed by atoms with E-state index in [4.69, 9.17) is 0 Å². The molecule has 236 valence electrons. The lowest BCUT2D eigenvalue weighted by Gasteiger charge is -2.28. The van der Waals surface area contributed by atoms with Gasteiger partial charge < -0.3 is 0 Å². The van der Waals surface area contributed by atoms with Crippen LogP contribution in [0.2, 0.25) is 0 Å². The first-order chi connectivity index (χ1) is 21.7. The van der Waals surface area contributed by atoms with Crippen LogP contribution < -0.4 is 10.6 Å². The summed E-state index contributed by atoms with van der Waals surface area (Å²) in [6, 6.07) is 26.4. The Balaban J connectivity index is 2.02. The highest BCUT2D eigenvalue weighted by atomic mass is 31.1. The van der Waals surface area contributed by atoms with Crippen LogP contribution in [-0.4, -0.2) is 24.6 Å². The quantitative estimate of drug-likeness (QED) is 0.0678. The molecule has 4 aromatic carbocycles. The molecule has 0 atom stereocenters. The van der Waals surface area contributed by atoms with Crippen LogP contribution in [0.15, 0.2) is 73.3 Å². The SMILES string of the molecule is C=Cc1ccc2c(-c3c(P(CCCCC)CCCCC)ccc4ccccc34)c(P(CCCCC)CCCCC)ccc2c1. The summed E-state index contributed by atoms with van der Waals surface area (Å²) in [6.45, 7) is 13.5. The maximum Gasteiger partial charge on any atom is -0.00157 e. The molecule has 0 heterocycles. The smallest absolute Gasteiger partial charge is 0.00157 e. The van der Waals surface area contributed by atoms with Crippen molar-refractivity contribution in [2.75, 3.05) is 24.6 Å². The first-order valence-corrected chi connectivity index (χ1v) is 21.3. The standard InChI is InChI=1S/C42H58P2/c1-6-11-17-29-43(30-18-12-7-2)39-27-24-35-21-15-16-22-37(35)41(39)42-38-26-23-34(10-5)33-36(38)25-28-40(42)44(31-19-13-8-3)32-20-14-9-4/h10,15-16,21-28,33H,5-9,11-14,17-20,29-32H2,1-4H3. The molecule has 0 aliphatic heterocycles. The van der Waals surface area contributed by atoms with E-state index >= 15 is 0 Å². The van der Waals surface area contributed by atoms with Crippen LogP contribution in [0.5, 0.6) is 0 Å². The van der Waals surface area contributed by atoms with Gasteiger partial charge in [0.2, 0.25) is 0 Å². The molecule has 4 aromatic rings. The highest BCUT2D eigenvalue weighted by molar-refractivity contribution is 7.66. The Morgan fingerprint density at radius 2 is 0.955 bits per heavy atom. The molecule has 0 bridgehead atoms. The van der Waals surface area contributed by atoms with Crippen LogP contribution in [0, 0.1) is 0 Å². The van der Waals surface area contributed by atoms with Crippen molar-refractivity contribution < 1.29 is 0 Å². The Morgan fingerprint density at radius 1 is 0.500 bits per heavy atom. The van der Waals surface area contributed by atoms with Crippen molar-refractivity contribution in [3.8, 4) is 11.1 Å². The first kappa shape index (κ1) is 34.9. The van der Waals surface area contributed by atoms with Crippen molar-refractivity contribution in [3.05, 3.63) is 78.9 Å². The zero-order valence-electron chi connectivity index (χ0n) is 28.3. The fourth-order valence-electron chi connectivity index (χ4n) is 6.69. The lowest BCUT2D eigenvalue weighted by atomic mass is 9.93. The highest BCUT2D eigenvalue weighted by Gasteiger charge is 2.24. The maximum atomic E-state index is 4.10. The van der Waals surface area contributed by atoms with Gasteiger partial charge in [-0.2, -0.15) is 0 Å². The van der Waals surface area contributed by atoms with E-state index in [1.165, 1.54) is 129 Å². The van der Waals surface area contributed by atoms with Crippen LogP contribution in [0.1, 0.15) is 110 Å². The van der Waals surface area contributed by atoms with Crippen molar-refractivity contribution in [2.24, 2.45) is 0 Å². The van der Waals surface area contributed by atoms with E-state index in [-0.39, 0.29) is 15.8 Å². The van der Waals surface area contributed by atoms with Gasteiger partial charge in [0.25, 0.3) is 0 Å². The first-order valence-electron chi connectivity index (χ1n) is 17.9. The molecule has 0 aliphatic carbocycles. The van der Waals surface area contributed by atoms with Gasteiger partial charge >= 0.3 is 0 Å². The second-order valence-corrected chi connectivity index (χ2v) is 17.5. The van der Waals surface area contributed by atoms with Gasteiger partial charge in [-0.25, -0.2) is 0 Å². The van der Waals surface area contributed by atoms with Gasteiger partial charge in [0.15, 0.2) is 0 Å². The summed E-state index contributed by atoms with van der Waals surface area (Å²) in [4.78, 5) is 0. The Bertz CT molecular complexity index is 1430. The van der Waals surface area contributed by atoms with Gasteiger partial charge in [0.05, 0.1) is 0 Å². The largest absolute Gasteiger partial charge is 0.0985 e. The zero-order valence-corrected chi connectivity index (χ0v) is 30.1. The minimum Gasteiger partial charge on any atom is -0.0985 e. The second kappa shape index (κ2) is 18.8. The zero-order chi connectivity index (χ0) is 31.1. The molecule has 0 aliphatic rings. The third kappa shape index (κ3) is 9.05. The van der Waals surface area contributed by atoms with Crippen LogP contribution in [0.3, 0.4) is 0 Å². The molecule has 0 unspecified atom stereocenters. The average molecular weight is 625 g/mol. The van der Waals surface area contributed by atoms with E-state index in [1.54, 1.807) is 21.7 Å². The summed E-state index contributed by atoms with van der Waals surface area (Å²) in [7, 11) is -0.464. The molecule has 0 nitrogen and oxygen atoms in total. The normalized spacial score (nSPS) is 11.8. The predicted octanol–water partition coefficient (Wildman–Crippen LogP) is 13.3. The topological polar surface area (TPSA) is 0 Å². The van der Waals surface area contributed by atoms with Crippen molar-refractivity contribution in [1.29, 1.82) is 0 Å². The van der Waals surface area contributed by atoms with Gasteiger partial charge in [-0.05, 0) is 105 Å². The van der Waals surface area contributed by atoms with Gasteiger partial charge in [-0.1, -0.05) is 168 Å². The number of fused-ring (bicyclic) bond motifs is 2. The molecular formula is C42H58P2. The lowest BCUT2D eigenvalue weighted by molar-refractivity contribution is 0.763. The predicted molar refractivity (Wildman–Crippen MR) is 208 cm³/mol. The van der Waals surface area contributed by atoms with E-state index in [9.17, 15) is 0 Å². The molecule has 0 spiro atoms. The van der Waals surface area contributed by atoms with Gasteiger partial charge in [-0.15, -0.1) is 0 Å². The van der Waals surface area contributed by atoms with Crippen LogP contribution in [0.4, 0.5) is 0 Å². The van der Waals surface area contributed by atoms with E-state index in [0.717, 1.165) is 0 Å². The van der Waals surface area contributed by atoms with E-state index in [0.29, 0.717) is 0 Å². The fraction of sp³-hybridized carbons (Fsp3) is 0.476. The molecule has 0 saturated carbocycles. The molecule has 0 radical (unpaired) electrons. The molecule has 0 N–H and O–H groups in total. The lowest BCUT2D eigenvalue weighted by Crippen LogP contribution is -2.17. The van der Waals surface area contributed by atoms with Crippen molar-refractivity contribution in [1.82, 2.24) is 0 Å². The summed E-state index contributed by atoms with van der Waals surface area (Å²) in [5.74, 6) is 0. The van der Waals surface area contributed by atoms with Gasteiger partial charge in [0.1, 0.15) is 0 Å². The molecule has 0 aromatic heterocycles. The Kier molecular flexibility index (Phi) is 14.9. The monoisotopic (exact) mass is 624 g/mol. The van der Waals surface area contributed by atoms with E-state index in [2.05, 4.69) is 101 Å².